The van der Waals surface area contributed by atoms with Crippen LogP contribution in [0.15, 0.2) is 29.2 Å². The minimum Gasteiger partial charge on any atom is -0.494 e. The number of nitrogens with one attached hydrogen (secondary N) is 1. The van der Waals surface area contributed by atoms with Crippen LogP contribution in [0.1, 0.15) is 12.6 Å². The summed E-state index contributed by atoms with van der Waals surface area (Å²) in [6.45, 7) is 3.81. The van der Waals surface area contributed by atoms with Gasteiger partial charge in [-0.3, -0.25) is 4.72 Å². The summed E-state index contributed by atoms with van der Waals surface area (Å²) in [5.41, 5.74) is 0.426. The lowest BCUT2D eigenvalue weighted by atomic mass is 10.3. The number of aromatic nitrogens is 2. The Morgan fingerprint density at radius 2 is 1.95 bits per heavy atom. The molecule has 2 aromatic rings. The van der Waals surface area contributed by atoms with Gasteiger partial charge in [0.05, 0.1) is 12.3 Å². The zero-order valence-electron chi connectivity index (χ0n) is 11.9. The monoisotopic (exact) mass is 313 g/mol. The van der Waals surface area contributed by atoms with Crippen molar-refractivity contribution in [2.75, 3.05) is 11.3 Å². The van der Waals surface area contributed by atoms with Crippen molar-refractivity contribution in [2.24, 2.45) is 7.05 Å². The molecule has 0 unspecified atom stereocenters. The Labute approximate surface area is 122 Å². The molecule has 0 radical (unpaired) electrons. The lowest BCUT2D eigenvalue weighted by Gasteiger charge is -2.08. The van der Waals surface area contributed by atoms with Crippen LogP contribution in [-0.4, -0.2) is 24.8 Å². The maximum atomic E-state index is 13.8. The third kappa shape index (κ3) is 3.15. The summed E-state index contributed by atoms with van der Waals surface area (Å²) >= 11 is 0. The molecule has 114 valence electrons. The van der Waals surface area contributed by atoms with Gasteiger partial charge in [0, 0.05) is 12.7 Å². The molecule has 0 spiro atoms. The van der Waals surface area contributed by atoms with Crippen LogP contribution in [0.3, 0.4) is 0 Å². The minimum atomic E-state index is -4.03. The van der Waals surface area contributed by atoms with Gasteiger partial charge in [-0.25, -0.2) is 13.1 Å². The minimum absolute atomic E-state index is 0.105. The van der Waals surface area contributed by atoms with Gasteiger partial charge in [0.1, 0.15) is 5.75 Å². The number of halogens is 1. The zero-order chi connectivity index (χ0) is 15.6. The van der Waals surface area contributed by atoms with Gasteiger partial charge in [-0.15, -0.1) is 0 Å². The number of ether oxygens (including phenoxy) is 1. The second kappa shape index (κ2) is 5.72. The fourth-order valence-electron chi connectivity index (χ4n) is 1.91. The number of hydrogen-bond acceptors (Lipinski definition) is 4. The molecule has 0 aliphatic rings. The molecule has 0 aliphatic carbocycles. The summed E-state index contributed by atoms with van der Waals surface area (Å²) < 4.78 is 46.8. The predicted octanol–water partition coefficient (Wildman–Crippen LogP) is 2.07. The number of sulfonamides is 1. The third-order valence-corrected chi connectivity index (χ3v) is 4.29. The van der Waals surface area contributed by atoms with E-state index in [1.54, 1.807) is 24.3 Å². The topological polar surface area (TPSA) is 73.2 Å². The van der Waals surface area contributed by atoms with Crippen molar-refractivity contribution in [1.82, 2.24) is 9.78 Å². The lowest BCUT2D eigenvalue weighted by Crippen LogP contribution is -2.15. The van der Waals surface area contributed by atoms with Gasteiger partial charge in [0.2, 0.25) is 5.95 Å². The summed E-state index contributed by atoms with van der Waals surface area (Å²) in [4.78, 5) is -0.445. The Kier molecular flexibility index (Phi) is 4.17. The van der Waals surface area contributed by atoms with Gasteiger partial charge < -0.3 is 4.74 Å². The van der Waals surface area contributed by atoms with Crippen molar-refractivity contribution in [3.05, 3.63) is 35.9 Å². The second-order valence-electron chi connectivity index (χ2n) is 4.39. The zero-order valence-corrected chi connectivity index (χ0v) is 12.7. The predicted molar refractivity (Wildman–Crippen MR) is 76.3 cm³/mol. The van der Waals surface area contributed by atoms with Gasteiger partial charge in [0.25, 0.3) is 10.0 Å². The molecule has 8 heteroatoms. The van der Waals surface area contributed by atoms with Crippen LogP contribution in [0, 0.1) is 12.9 Å². The number of hydrogen-bond donors (Lipinski definition) is 1. The summed E-state index contributed by atoms with van der Waals surface area (Å²) in [7, 11) is -2.68. The molecule has 6 nitrogen and oxygen atoms in total. The van der Waals surface area contributed by atoms with Crippen LogP contribution in [0.4, 0.5) is 10.1 Å². The van der Waals surface area contributed by atoms with Crippen LogP contribution < -0.4 is 9.46 Å². The molecule has 1 aromatic carbocycles. The first-order valence-electron chi connectivity index (χ1n) is 6.30. The van der Waals surface area contributed by atoms with E-state index in [0.717, 1.165) is 4.68 Å². The standard InChI is InChI=1S/C13H16FN3O3S/c1-4-20-11-7-5-10(6-8-11)16-21(18,19)12-9(2)15-17(3)13(12)14/h5-8,16H,4H2,1-3H3. The fourth-order valence-corrected chi connectivity index (χ4v) is 3.24. The number of anilines is 1. The highest BCUT2D eigenvalue weighted by Gasteiger charge is 2.26. The molecule has 0 fully saturated rings. The van der Waals surface area contributed by atoms with E-state index in [9.17, 15) is 12.8 Å². The van der Waals surface area contributed by atoms with Crippen molar-refractivity contribution in [1.29, 1.82) is 0 Å². The summed E-state index contributed by atoms with van der Waals surface area (Å²) in [5.74, 6) is -0.268. The number of benzene rings is 1. The van der Waals surface area contributed by atoms with Gasteiger partial charge in [-0.05, 0) is 38.1 Å². The molecule has 0 saturated carbocycles. The van der Waals surface area contributed by atoms with E-state index in [-0.39, 0.29) is 5.69 Å². The summed E-state index contributed by atoms with van der Waals surface area (Å²) in [6.07, 6.45) is 0. The van der Waals surface area contributed by atoms with E-state index >= 15 is 0 Å². The molecular formula is C13H16FN3O3S. The van der Waals surface area contributed by atoms with Gasteiger partial charge >= 0.3 is 0 Å². The molecule has 0 atom stereocenters. The first-order chi connectivity index (χ1) is 9.85. The highest BCUT2D eigenvalue weighted by Crippen LogP contribution is 2.23. The van der Waals surface area contributed by atoms with Crippen molar-refractivity contribution >= 4 is 15.7 Å². The average Bonchev–Trinajstić information content (AvgIpc) is 2.66. The summed E-state index contributed by atoms with van der Waals surface area (Å²) in [5, 5.41) is 3.76. The van der Waals surface area contributed by atoms with E-state index in [1.165, 1.54) is 14.0 Å². The Morgan fingerprint density at radius 3 is 2.43 bits per heavy atom. The van der Waals surface area contributed by atoms with Gasteiger partial charge in [-0.1, -0.05) is 0 Å². The van der Waals surface area contributed by atoms with Crippen molar-refractivity contribution in [3.8, 4) is 5.75 Å². The number of aryl methyl sites for hydroxylation is 2. The van der Waals surface area contributed by atoms with E-state index in [1.807, 2.05) is 6.92 Å². The number of nitrogens with zero attached hydrogens (tertiary/aromatic N) is 2. The first-order valence-corrected chi connectivity index (χ1v) is 7.78. The Bertz CT molecular complexity index is 739. The summed E-state index contributed by atoms with van der Waals surface area (Å²) in [6, 6.07) is 6.36. The average molecular weight is 313 g/mol. The van der Waals surface area contributed by atoms with Crippen LogP contribution in [0.2, 0.25) is 0 Å². The van der Waals surface area contributed by atoms with Crippen LogP contribution in [0.5, 0.6) is 5.75 Å². The van der Waals surface area contributed by atoms with Gasteiger partial charge in [-0.2, -0.15) is 9.49 Å². The first kappa shape index (κ1) is 15.3. The van der Waals surface area contributed by atoms with Crippen molar-refractivity contribution in [2.45, 2.75) is 18.7 Å². The molecule has 21 heavy (non-hydrogen) atoms. The molecule has 0 aliphatic heterocycles. The van der Waals surface area contributed by atoms with Crippen LogP contribution in [0.25, 0.3) is 0 Å². The molecular weight excluding hydrogens is 297 g/mol. The number of rotatable bonds is 5. The fraction of sp³-hybridized carbons (Fsp3) is 0.308. The molecule has 0 saturated heterocycles. The Balaban J connectivity index is 2.29. The molecule has 1 heterocycles. The Hall–Kier alpha value is -2.09. The van der Waals surface area contributed by atoms with Gasteiger partial charge in [0.15, 0.2) is 4.90 Å². The largest absolute Gasteiger partial charge is 0.494 e. The van der Waals surface area contributed by atoms with E-state index < -0.39 is 20.9 Å². The smallest absolute Gasteiger partial charge is 0.268 e. The van der Waals surface area contributed by atoms with Crippen LogP contribution in [-0.2, 0) is 17.1 Å². The van der Waals surface area contributed by atoms with Crippen LogP contribution >= 0.6 is 0 Å². The Morgan fingerprint density at radius 1 is 1.33 bits per heavy atom. The van der Waals surface area contributed by atoms with E-state index in [4.69, 9.17) is 4.74 Å². The maximum Gasteiger partial charge on any atom is 0.268 e. The highest BCUT2D eigenvalue weighted by atomic mass is 32.2. The van der Waals surface area contributed by atoms with E-state index in [2.05, 4.69) is 9.82 Å². The second-order valence-corrected chi connectivity index (χ2v) is 6.01. The highest BCUT2D eigenvalue weighted by molar-refractivity contribution is 7.92. The molecule has 2 rings (SSSR count). The molecule has 0 bridgehead atoms. The molecule has 0 amide bonds. The lowest BCUT2D eigenvalue weighted by molar-refractivity contribution is 0.340. The van der Waals surface area contributed by atoms with Crippen molar-refractivity contribution in [3.63, 3.8) is 0 Å². The molecule has 1 aromatic heterocycles. The quantitative estimate of drug-likeness (QED) is 0.917. The third-order valence-electron chi connectivity index (χ3n) is 2.79. The maximum absolute atomic E-state index is 13.8. The SMILES string of the molecule is CCOc1ccc(NS(=O)(=O)c2c(C)nn(C)c2F)cc1. The normalized spacial score (nSPS) is 11.4. The van der Waals surface area contributed by atoms with Crippen molar-refractivity contribution < 1.29 is 17.5 Å². The van der Waals surface area contributed by atoms with E-state index in [0.29, 0.717) is 18.0 Å². The molecule has 1 N–H and O–H groups in total.